The maximum atomic E-state index is 6.20. The van der Waals surface area contributed by atoms with Crippen LogP contribution in [0.15, 0.2) is 47.0 Å². The normalized spacial score (nSPS) is 10.7. The van der Waals surface area contributed by atoms with E-state index in [2.05, 4.69) is 10.1 Å². The number of aryl methyl sites for hydroxylation is 1. The summed E-state index contributed by atoms with van der Waals surface area (Å²) in [6.07, 6.45) is 0. The molecule has 22 heavy (non-hydrogen) atoms. The number of hydrogen-bond donors (Lipinski definition) is 0. The van der Waals surface area contributed by atoms with Crippen molar-refractivity contribution in [3.63, 3.8) is 0 Å². The molecule has 5 heteroatoms. The largest absolute Gasteiger partial charge is 0.492 e. The first-order chi connectivity index (χ1) is 10.7. The molecule has 0 saturated heterocycles. The van der Waals surface area contributed by atoms with E-state index in [1.807, 2.05) is 50.2 Å². The Morgan fingerprint density at radius 3 is 2.73 bits per heavy atom. The number of aromatic nitrogens is 2. The minimum atomic E-state index is 0.498. The summed E-state index contributed by atoms with van der Waals surface area (Å²) in [5, 5.41) is 4.56. The van der Waals surface area contributed by atoms with Crippen LogP contribution in [0, 0.1) is 6.92 Å². The van der Waals surface area contributed by atoms with Crippen LogP contribution in [0.3, 0.4) is 0 Å². The average molecular weight is 315 g/mol. The van der Waals surface area contributed by atoms with E-state index in [4.69, 9.17) is 20.9 Å². The molecule has 0 saturated carbocycles. The fraction of sp³-hybridized carbons (Fsp3) is 0.176. The lowest BCUT2D eigenvalue weighted by Crippen LogP contribution is -1.92. The van der Waals surface area contributed by atoms with Crippen molar-refractivity contribution in [3.05, 3.63) is 53.1 Å². The summed E-state index contributed by atoms with van der Waals surface area (Å²) >= 11 is 6.20. The van der Waals surface area contributed by atoms with Gasteiger partial charge in [0.25, 0.3) is 5.89 Å². The summed E-state index contributed by atoms with van der Waals surface area (Å²) in [5.41, 5.74) is 2.80. The molecule has 0 aliphatic heterocycles. The molecular weight excluding hydrogens is 300 g/mol. The maximum absolute atomic E-state index is 6.20. The molecular formula is C17H15ClN2O2. The summed E-state index contributed by atoms with van der Waals surface area (Å²) in [6, 6.07) is 13.3. The van der Waals surface area contributed by atoms with Gasteiger partial charge in [0.1, 0.15) is 5.75 Å². The van der Waals surface area contributed by atoms with Gasteiger partial charge in [-0.3, -0.25) is 0 Å². The SMILES string of the molecule is CCOc1ccc(-c2noc(-c3ccccc3C)n2)cc1Cl. The van der Waals surface area contributed by atoms with E-state index in [9.17, 15) is 0 Å². The first-order valence-corrected chi connectivity index (χ1v) is 7.39. The second-order valence-electron chi connectivity index (χ2n) is 4.82. The molecule has 2 aromatic carbocycles. The lowest BCUT2D eigenvalue weighted by Gasteiger charge is -2.05. The van der Waals surface area contributed by atoms with Crippen LogP contribution in [-0.4, -0.2) is 16.7 Å². The number of nitrogens with zero attached hydrogens (tertiary/aromatic N) is 2. The third kappa shape index (κ3) is 2.83. The van der Waals surface area contributed by atoms with E-state index >= 15 is 0 Å². The first kappa shape index (κ1) is 14.6. The lowest BCUT2D eigenvalue weighted by molar-refractivity contribution is 0.340. The molecule has 4 nitrogen and oxygen atoms in total. The van der Waals surface area contributed by atoms with E-state index in [0.717, 1.165) is 16.7 Å². The Balaban J connectivity index is 1.94. The van der Waals surface area contributed by atoms with Gasteiger partial charge in [0.15, 0.2) is 0 Å². The monoisotopic (exact) mass is 314 g/mol. The van der Waals surface area contributed by atoms with Crippen molar-refractivity contribution in [1.82, 2.24) is 10.1 Å². The molecule has 0 aliphatic carbocycles. The summed E-state index contributed by atoms with van der Waals surface area (Å²) in [7, 11) is 0. The molecule has 0 fully saturated rings. The van der Waals surface area contributed by atoms with Gasteiger partial charge < -0.3 is 9.26 Å². The highest BCUT2D eigenvalue weighted by Crippen LogP contribution is 2.30. The molecule has 0 unspecified atom stereocenters. The van der Waals surface area contributed by atoms with Crippen molar-refractivity contribution in [3.8, 4) is 28.6 Å². The Kier molecular flexibility index (Phi) is 4.11. The fourth-order valence-corrected chi connectivity index (χ4v) is 2.41. The van der Waals surface area contributed by atoms with Gasteiger partial charge in [-0.1, -0.05) is 35.0 Å². The Bertz CT molecular complexity index is 799. The van der Waals surface area contributed by atoms with E-state index in [1.165, 1.54) is 0 Å². The minimum Gasteiger partial charge on any atom is -0.492 e. The van der Waals surface area contributed by atoms with Gasteiger partial charge in [0.2, 0.25) is 5.82 Å². The Labute approximate surface area is 133 Å². The van der Waals surface area contributed by atoms with Crippen molar-refractivity contribution >= 4 is 11.6 Å². The topological polar surface area (TPSA) is 48.2 Å². The Morgan fingerprint density at radius 1 is 1.18 bits per heavy atom. The highest BCUT2D eigenvalue weighted by Gasteiger charge is 2.13. The Morgan fingerprint density at radius 2 is 2.00 bits per heavy atom. The van der Waals surface area contributed by atoms with E-state index in [0.29, 0.717) is 29.1 Å². The second-order valence-corrected chi connectivity index (χ2v) is 5.22. The van der Waals surface area contributed by atoms with E-state index in [1.54, 1.807) is 6.07 Å². The molecule has 0 aliphatic rings. The van der Waals surface area contributed by atoms with Crippen LogP contribution in [-0.2, 0) is 0 Å². The van der Waals surface area contributed by atoms with E-state index < -0.39 is 0 Å². The van der Waals surface area contributed by atoms with E-state index in [-0.39, 0.29) is 0 Å². The predicted octanol–water partition coefficient (Wildman–Crippen LogP) is 4.76. The number of hydrogen-bond acceptors (Lipinski definition) is 4. The fourth-order valence-electron chi connectivity index (χ4n) is 2.18. The van der Waals surface area contributed by atoms with Gasteiger partial charge in [-0.2, -0.15) is 4.98 Å². The molecule has 3 aromatic rings. The number of benzene rings is 2. The van der Waals surface area contributed by atoms with Crippen molar-refractivity contribution in [1.29, 1.82) is 0 Å². The van der Waals surface area contributed by atoms with Crippen LogP contribution in [0.4, 0.5) is 0 Å². The highest BCUT2D eigenvalue weighted by molar-refractivity contribution is 6.32. The summed E-state index contributed by atoms with van der Waals surface area (Å²) in [6.45, 7) is 4.49. The predicted molar refractivity (Wildman–Crippen MR) is 86.1 cm³/mol. The highest BCUT2D eigenvalue weighted by atomic mass is 35.5. The van der Waals surface area contributed by atoms with Crippen molar-refractivity contribution in [2.75, 3.05) is 6.61 Å². The second kappa shape index (κ2) is 6.20. The van der Waals surface area contributed by atoms with Crippen LogP contribution in [0.2, 0.25) is 5.02 Å². The molecule has 1 aromatic heterocycles. The van der Waals surface area contributed by atoms with Gasteiger partial charge >= 0.3 is 0 Å². The minimum absolute atomic E-state index is 0.498. The zero-order chi connectivity index (χ0) is 15.5. The molecule has 0 radical (unpaired) electrons. The molecule has 0 bridgehead atoms. The van der Waals surface area contributed by atoms with Crippen molar-refractivity contribution < 1.29 is 9.26 Å². The zero-order valence-electron chi connectivity index (χ0n) is 12.3. The molecule has 0 N–H and O–H groups in total. The molecule has 0 spiro atoms. The van der Waals surface area contributed by atoms with Crippen LogP contribution >= 0.6 is 11.6 Å². The molecule has 1 heterocycles. The quantitative estimate of drug-likeness (QED) is 0.696. The lowest BCUT2D eigenvalue weighted by atomic mass is 10.1. The maximum Gasteiger partial charge on any atom is 0.258 e. The Hall–Kier alpha value is -2.33. The summed E-state index contributed by atoms with van der Waals surface area (Å²) in [5.74, 6) is 1.65. The standard InChI is InChI=1S/C17H15ClN2O2/c1-3-21-15-9-8-12(10-14(15)18)16-19-17(22-20-16)13-7-5-4-6-11(13)2/h4-10H,3H2,1-2H3. The van der Waals surface area contributed by atoms with Gasteiger partial charge in [-0.25, -0.2) is 0 Å². The molecule has 3 rings (SSSR count). The number of rotatable bonds is 4. The van der Waals surface area contributed by atoms with Crippen molar-refractivity contribution in [2.24, 2.45) is 0 Å². The summed E-state index contributed by atoms with van der Waals surface area (Å²) < 4.78 is 10.8. The molecule has 0 atom stereocenters. The van der Waals surface area contributed by atoms with Crippen LogP contribution < -0.4 is 4.74 Å². The smallest absolute Gasteiger partial charge is 0.258 e. The van der Waals surface area contributed by atoms with Crippen LogP contribution in [0.1, 0.15) is 12.5 Å². The first-order valence-electron chi connectivity index (χ1n) is 7.01. The zero-order valence-corrected chi connectivity index (χ0v) is 13.1. The molecule has 0 amide bonds. The summed E-state index contributed by atoms with van der Waals surface area (Å²) in [4.78, 5) is 4.45. The van der Waals surface area contributed by atoms with Gasteiger partial charge in [0.05, 0.1) is 11.6 Å². The third-order valence-corrected chi connectivity index (χ3v) is 3.59. The number of ether oxygens (including phenoxy) is 1. The molecule has 112 valence electrons. The van der Waals surface area contributed by atoms with Gasteiger partial charge in [-0.05, 0) is 43.7 Å². The average Bonchev–Trinajstić information content (AvgIpc) is 2.99. The third-order valence-electron chi connectivity index (χ3n) is 3.29. The van der Waals surface area contributed by atoms with Crippen molar-refractivity contribution in [2.45, 2.75) is 13.8 Å². The van der Waals surface area contributed by atoms with Crippen LogP contribution in [0.25, 0.3) is 22.8 Å². The van der Waals surface area contributed by atoms with Gasteiger partial charge in [-0.15, -0.1) is 0 Å². The number of halogens is 1. The van der Waals surface area contributed by atoms with Gasteiger partial charge in [0, 0.05) is 11.1 Å². The van der Waals surface area contributed by atoms with Crippen LogP contribution in [0.5, 0.6) is 5.75 Å².